The first-order valence-corrected chi connectivity index (χ1v) is 6.84. The number of nitrogens with two attached hydrogens (primary N) is 1. The van der Waals surface area contributed by atoms with Crippen molar-refractivity contribution in [1.82, 2.24) is 9.88 Å². The molecule has 2 N–H and O–H groups in total. The van der Waals surface area contributed by atoms with Gasteiger partial charge in [-0.15, -0.1) is 0 Å². The van der Waals surface area contributed by atoms with E-state index in [9.17, 15) is 0 Å². The van der Waals surface area contributed by atoms with Crippen molar-refractivity contribution in [1.29, 1.82) is 0 Å². The van der Waals surface area contributed by atoms with Crippen LogP contribution >= 0.6 is 11.6 Å². The zero-order chi connectivity index (χ0) is 13.1. The topological polar surface area (TPSA) is 45.4 Å². The molecule has 0 saturated carbocycles. The third-order valence-electron chi connectivity index (χ3n) is 3.47. The summed E-state index contributed by atoms with van der Waals surface area (Å²) < 4.78 is 0. The van der Waals surface area contributed by atoms with Crippen molar-refractivity contribution in [2.45, 2.75) is 26.4 Å². The molecular formula is C13H21ClN4. The minimum absolute atomic E-state index is 0.388. The summed E-state index contributed by atoms with van der Waals surface area (Å²) in [6, 6.07) is 4.48. The summed E-state index contributed by atoms with van der Waals surface area (Å²) in [7, 11) is 0. The Morgan fingerprint density at radius 2 is 1.94 bits per heavy atom. The lowest BCUT2D eigenvalue weighted by atomic mass is 10.2. The van der Waals surface area contributed by atoms with Crippen LogP contribution in [0.4, 0.5) is 5.82 Å². The summed E-state index contributed by atoms with van der Waals surface area (Å²) in [4.78, 5) is 9.32. The van der Waals surface area contributed by atoms with E-state index in [-0.39, 0.29) is 0 Å². The summed E-state index contributed by atoms with van der Waals surface area (Å²) in [5.41, 5.74) is 6.42. The van der Waals surface area contributed by atoms with Crippen LogP contribution in [0.3, 0.4) is 0 Å². The molecule has 2 heterocycles. The number of piperazine rings is 1. The second-order valence-corrected chi connectivity index (χ2v) is 5.33. The van der Waals surface area contributed by atoms with Gasteiger partial charge < -0.3 is 10.6 Å². The zero-order valence-corrected chi connectivity index (χ0v) is 11.8. The largest absolute Gasteiger partial charge is 0.354 e. The Morgan fingerprint density at radius 1 is 1.28 bits per heavy atom. The maximum atomic E-state index is 6.03. The Labute approximate surface area is 114 Å². The van der Waals surface area contributed by atoms with Crippen LogP contribution in [0.2, 0.25) is 5.02 Å². The van der Waals surface area contributed by atoms with Crippen LogP contribution in [0.1, 0.15) is 19.5 Å². The molecule has 4 nitrogen and oxygen atoms in total. The molecule has 1 aromatic rings. The number of hydrogen-bond donors (Lipinski definition) is 1. The fraction of sp³-hybridized carbons (Fsp3) is 0.615. The van der Waals surface area contributed by atoms with Gasteiger partial charge in [-0.2, -0.15) is 0 Å². The van der Waals surface area contributed by atoms with E-state index in [1.807, 2.05) is 12.1 Å². The van der Waals surface area contributed by atoms with Crippen LogP contribution in [-0.2, 0) is 6.54 Å². The maximum Gasteiger partial charge on any atom is 0.129 e. The maximum absolute atomic E-state index is 6.03. The lowest BCUT2D eigenvalue weighted by Gasteiger charge is -2.37. The van der Waals surface area contributed by atoms with E-state index in [1.165, 1.54) is 0 Å². The van der Waals surface area contributed by atoms with Gasteiger partial charge in [-0.25, -0.2) is 4.98 Å². The third kappa shape index (κ3) is 2.94. The molecule has 0 radical (unpaired) electrons. The van der Waals surface area contributed by atoms with Gasteiger partial charge in [-0.1, -0.05) is 11.6 Å². The molecule has 0 unspecified atom stereocenters. The first-order valence-electron chi connectivity index (χ1n) is 6.46. The van der Waals surface area contributed by atoms with Crippen molar-refractivity contribution in [2.24, 2.45) is 5.73 Å². The number of rotatable bonds is 3. The predicted octanol–water partition coefficient (Wildman–Crippen LogP) is 1.72. The minimum atomic E-state index is 0.388. The lowest BCUT2D eigenvalue weighted by Crippen LogP contribution is -2.49. The second kappa shape index (κ2) is 5.87. The molecule has 1 fully saturated rings. The lowest BCUT2D eigenvalue weighted by molar-refractivity contribution is 0.209. The third-order valence-corrected chi connectivity index (χ3v) is 3.81. The van der Waals surface area contributed by atoms with Gasteiger partial charge in [0.15, 0.2) is 0 Å². The number of nitrogens with zero attached hydrogens (tertiary/aromatic N) is 3. The molecule has 1 aliphatic rings. The van der Waals surface area contributed by atoms with E-state index in [0.717, 1.165) is 37.7 Å². The Hall–Kier alpha value is -0.840. The molecule has 0 amide bonds. The highest BCUT2D eigenvalue weighted by atomic mass is 35.5. The standard InChI is InChI=1S/C13H21ClN4/c1-10(2)17-5-7-18(8-6-17)13-4-3-11(14)12(9-15)16-13/h3-4,10H,5-9,15H2,1-2H3. The fourth-order valence-corrected chi connectivity index (χ4v) is 2.44. The Kier molecular flexibility index (Phi) is 4.43. The smallest absolute Gasteiger partial charge is 0.129 e. The van der Waals surface area contributed by atoms with E-state index in [1.54, 1.807) is 0 Å². The van der Waals surface area contributed by atoms with Crippen LogP contribution in [0, 0.1) is 0 Å². The van der Waals surface area contributed by atoms with Crippen LogP contribution in [-0.4, -0.2) is 42.1 Å². The Bertz CT molecular complexity index is 400. The van der Waals surface area contributed by atoms with Gasteiger partial charge in [0.05, 0.1) is 10.7 Å². The summed E-state index contributed by atoms with van der Waals surface area (Å²) in [5.74, 6) is 0.989. The van der Waals surface area contributed by atoms with Crippen molar-refractivity contribution >= 4 is 17.4 Å². The molecule has 0 bridgehead atoms. The van der Waals surface area contributed by atoms with Crippen molar-refractivity contribution in [3.63, 3.8) is 0 Å². The molecule has 0 spiro atoms. The fourth-order valence-electron chi connectivity index (χ4n) is 2.26. The predicted molar refractivity (Wildman–Crippen MR) is 76.1 cm³/mol. The van der Waals surface area contributed by atoms with Crippen LogP contribution < -0.4 is 10.6 Å². The van der Waals surface area contributed by atoms with Crippen molar-refractivity contribution in [3.05, 3.63) is 22.8 Å². The molecule has 18 heavy (non-hydrogen) atoms. The van der Waals surface area contributed by atoms with Crippen molar-refractivity contribution in [2.75, 3.05) is 31.1 Å². The normalized spacial score (nSPS) is 17.5. The van der Waals surface area contributed by atoms with Gasteiger partial charge in [0.25, 0.3) is 0 Å². The number of anilines is 1. The second-order valence-electron chi connectivity index (χ2n) is 4.92. The molecule has 0 atom stereocenters. The quantitative estimate of drug-likeness (QED) is 0.907. The van der Waals surface area contributed by atoms with Gasteiger partial charge in [-0.05, 0) is 26.0 Å². The van der Waals surface area contributed by atoms with Crippen LogP contribution in [0.5, 0.6) is 0 Å². The minimum Gasteiger partial charge on any atom is -0.354 e. The van der Waals surface area contributed by atoms with Gasteiger partial charge in [0.1, 0.15) is 5.82 Å². The highest BCUT2D eigenvalue weighted by Crippen LogP contribution is 2.20. The highest BCUT2D eigenvalue weighted by Gasteiger charge is 2.20. The average molecular weight is 269 g/mol. The van der Waals surface area contributed by atoms with Crippen LogP contribution in [0.15, 0.2) is 12.1 Å². The molecule has 1 aromatic heterocycles. The molecular weight excluding hydrogens is 248 g/mol. The summed E-state index contributed by atoms with van der Waals surface area (Å²) >= 11 is 6.03. The van der Waals surface area contributed by atoms with E-state index in [4.69, 9.17) is 17.3 Å². The Morgan fingerprint density at radius 3 is 2.50 bits per heavy atom. The van der Waals surface area contributed by atoms with E-state index in [0.29, 0.717) is 17.6 Å². The molecule has 5 heteroatoms. The monoisotopic (exact) mass is 268 g/mol. The van der Waals surface area contributed by atoms with E-state index < -0.39 is 0 Å². The highest BCUT2D eigenvalue weighted by molar-refractivity contribution is 6.31. The Balaban J connectivity index is 2.05. The first-order chi connectivity index (χ1) is 8.61. The molecule has 1 aliphatic heterocycles. The van der Waals surface area contributed by atoms with E-state index >= 15 is 0 Å². The summed E-state index contributed by atoms with van der Waals surface area (Å²) in [5, 5.41) is 0.655. The average Bonchev–Trinajstić information content (AvgIpc) is 2.39. The van der Waals surface area contributed by atoms with Crippen molar-refractivity contribution in [3.8, 4) is 0 Å². The number of hydrogen-bond acceptors (Lipinski definition) is 4. The molecule has 1 saturated heterocycles. The summed E-state index contributed by atoms with van der Waals surface area (Å²) in [6.45, 7) is 9.05. The number of pyridine rings is 1. The molecule has 100 valence electrons. The van der Waals surface area contributed by atoms with Crippen molar-refractivity contribution < 1.29 is 0 Å². The molecule has 2 rings (SSSR count). The number of aromatic nitrogens is 1. The van der Waals surface area contributed by atoms with Crippen LogP contribution in [0.25, 0.3) is 0 Å². The van der Waals surface area contributed by atoms with E-state index in [2.05, 4.69) is 28.6 Å². The number of halogens is 1. The zero-order valence-electron chi connectivity index (χ0n) is 11.1. The molecule has 0 aromatic carbocycles. The summed E-state index contributed by atoms with van der Waals surface area (Å²) in [6.07, 6.45) is 0. The van der Waals surface area contributed by atoms with Gasteiger partial charge >= 0.3 is 0 Å². The SMILES string of the molecule is CC(C)N1CCN(c2ccc(Cl)c(CN)n2)CC1. The molecule has 0 aliphatic carbocycles. The van der Waals surface area contributed by atoms with Gasteiger partial charge in [-0.3, -0.25) is 4.90 Å². The van der Waals surface area contributed by atoms with Gasteiger partial charge in [0, 0.05) is 38.8 Å². The first kappa shape index (κ1) is 13.6. The van der Waals surface area contributed by atoms with Gasteiger partial charge in [0.2, 0.25) is 0 Å².